The maximum absolute atomic E-state index is 11.7. The molecule has 20 heavy (non-hydrogen) atoms. The summed E-state index contributed by atoms with van der Waals surface area (Å²) in [5.41, 5.74) is 0.565. The Balaban J connectivity index is 2.26. The van der Waals surface area contributed by atoms with E-state index in [1.54, 1.807) is 12.1 Å². The van der Waals surface area contributed by atoms with Crippen molar-refractivity contribution in [2.24, 2.45) is 0 Å². The van der Waals surface area contributed by atoms with E-state index < -0.39 is 12.2 Å². The van der Waals surface area contributed by atoms with Gasteiger partial charge in [0, 0.05) is 19.5 Å². The largest absolute Gasteiger partial charge is 0.464 e. The zero-order chi connectivity index (χ0) is 14.7. The van der Waals surface area contributed by atoms with E-state index in [9.17, 15) is 19.8 Å². The molecule has 0 aliphatic heterocycles. The van der Waals surface area contributed by atoms with Gasteiger partial charge in [0.2, 0.25) is 5.91 Å². The summed E-state index contributed by atoms with van der Waals surface area (Å²) >= 11 is 0. The van der Waals surface area contributed by atoms with Crippen molar-refractivity contribution in [1.82, 2.24) is 5.32 Å². The monoisotopic (exact) mass is 277 g/mol. The van der Waals surface area contributed by atoms with Gasteiger partial charge in [-0.2, -0.15) is 0 Å². The van der Waals surface area contributed by atoms with Gasteiger partial charge >= 0.3 is 0 Å². The molecular formula is C14H15NO5. The van der Waals surface area contributed by atoms with Gasteiger partial charge < -0.3 is 19.9 Å². The molecule has 1 amide bonds. The molecule has 1 aromatic carbocycles. The number of amides is 1. The van der Waals surface area contributed by atoms with Gasteiger partial charge in [0.15, 0.2) is 5.43 Å². The Bertz CT molecular complexity index is 679. The molecule has 0 saturated carbocycles. The smallest absolute Gasteiger partial charge is 0.216 e. The third kappa shape index (κ3) is 3.04. The first-order chi connectivity index (χ1) is 9.49. The average molecular weight is 277 g/mol. The molecule has 6 nitrogen and oxygen atoms in total. The Morgan fingerprint density at radius 1 is 1.35 bits per heavy atom. The highest BCUT2D eigenvalue weighted by molar-refractivity contribution is 5.77. The first kappa shape index (κ1) is 14.2. The van der Waals surface area contributed by atoms with E-state index in [0.29, 0.717) is 16.5 Å². The number of carbonyl (C=O) groups is 1. The van der Waals surface area contributed by atoms with Gasteiger partial charge in [-0.1, -0.05) is 6.07 Å². The molecule has 2 unspecified atom stereocenters. The summed E-state index contributed by atoms with van der Waals surface area (Å²) < 4.78 is 5.17. The van der Waals surface area contributed by atoms with Crippen LogP contribution in [0.15, 0.2) is 39.7 Å². The fourth-order valence-electron chi connectivity index (χ4n) is 1.87. The van der Waals surface area contributed by atoms with Crippen molar-refractivity contribution in [3.05, 3.63) is 46.3 Å². The average Bonchev–Trinajstić information content (AvgIpc) is 2.44. The highest BCUT2D eigenvalue weighted by Gasteiger charge is 2.19. The fraction of sp³-hybridized carbons (Fsp3) is 0.286. The molecule has 6 heteroatoms. The number of nitrogens with one attached hydrogen (secondary N) is 1. The van der Waals surface area contributed by atoms with E-state index >= 15 is 0 Å². The SMILES string of the molecule is CC(=O)NCC(O)C(O)c1ccc2occc(=O)c2c1. The summed E-state index contributed by atoms with van der Waals surface area (Å²) in [5, 5.41) is 22.6. The number of benzene rings is 1. The second-order valence-corrected chi connectivity index (χ2v) is 4.49. The molecule has 0 bridgehead atoms. The topological polar surface area (TPSA) is 99.8 Å². The first-order valence-corrected chi connectivity index (χ1v) is 6.11. The summed E-state index contributed by atoms with van der Waals surface area (Å²) in [7, 11) is 0. The van der Waals surface area contributed by atoms with Crippen molar-refractivity contribution >= 4 is 16.9 Å². The van der Waals surface area contributed by atoms with E-state index in [0.717, 1.165) is 0 Å². The summed E-state index contributed by atoms with van der Waals surface area (Å²) in [6.45, 7) is 1.25. The van der Waals surface area contributed by atoms with Gasteiger partial charge in [-0.15, -0.1) is 0 Å². The second kappa shape index (κ2) is 5.85. The number of fused-ring (bicyclic) bond motifs is 1. The van der Waals surface area contributed by atoms with Crippen molar-refractivity contribution in [3.8, 4) is 0 Å². The van der Waals surface area contributed by atoms with Crippen molar-refractivity contribution in [3.63, 3.8) is 0 Å². The highest BCUT2D eigenvalue weighted by atomic mass is 16.3. The van der Waals surface area contributed by atoms with E-state index in [2.05, 4.69) is 5.32 Å². The van der Waals surface area contributed by atoms with Crippen LogP contribution in [-0.4, -0.2) is 28.8 Å². The molecule has 2 aromatic rings. The summed E-state index contributed by atoms with van der Waals surface area (Å²) in [4.78, 5) is 22.4. The fourth-order valence-corrected chi connectivity index (χ4v) is 1.87. The summed E-state index contributed by atoms with van der Waals surface area (Å²) in [5.74, 6) is -0.296. The molecule has 0 radical (unpaired) electrons. The minimum absolute atomic E-state index is 0.0715. The zero-order valence-electron chi connectivity index (χ0n) is 10.9. The number of hydrogen-bond donors (Lipinski definition) is 3. The Morgan fingerprint density at radius 3 is 2.80 bits per heavy atom. The molecule has 0 aliphatic carbocycles. The van der Waals surface area contributed by atoms with E-state index in [4.69, 9.17) is 4.42 Å². The Morgan fingerprint density at radius 2 is 2.10 bits per heavy atom. The number of hydrogen-bond acceptors (Lipinski definition) is 5. The third-order valence-electron chi connectivity index (χ3n) is 2.95. The minimum atomic E-state index is -1.20. The van der Waals surface area contributed by atoms with Gasteiger partial charge in [-0.3, -0.25) is 9.59 Å². The van der Waals surface area contributed by atoms with Gasteiger partial charge in [-0.05, 0) is 17.7 Å². The lowest BCUT2D eigenvalue weighted by Crippen LogP contribution is -2.34. The molecule has 1 aromatic heterocycles. The van der Waals surface area contributed by atoms with Gasteiger partial charge in [0.05, 0.1) is 11.6 Å². The predicted molar refractivity (Wildman–Crippen MR) is 72.1 cm³/mol. The van der Waals surface area contributed by atoms with Crippen LogP contribution < -0.4 is 10.7 Å². The van der Waals surface area contributed by atoms with Crippen LogP contribution in [0.2, 0.25) is 0 Å². The highest BCUT2D eigenvalue weighted by Crippen LogP contribution is 2.20. The number of carbonyl (C=O) groups excluding carboxylic acids is 1. The van der Waals surface area contributed by atoms with E-state index in [1.165, 1.54) is 25.3 Å². The third-order valence-corrected chi connectivity index (χ3v) is 2.95. The normalized spacial score (nSPS) is 13.9. The molecular weight excluding hydrogens is 262 g/mol. The number of aliphatic hydroxyl groups is 2. The minimum Gasteiger partial charge on any atom is -0.464 e. The van der Waals surface area contributed by atoms with Crippen LogP contribution in [0.25, 0.3) is 11.0 Å². The molecule has 2 rings (SSSR count). The quantitative estimate of drug-likeness (QED) is 0.747. The molecule has 106 valence electrons. The summed E-state index contributed by atoms with van der Waals surface area (Å²) in [6, 6.07) is 5.88. The lowest BCUT2D eigenvalue weighted by atomic mass is 10.0. The molecule has 0 spiro atoms. The van der Waals surface area contributed by atoms with Crippen LogP contribution >= 0.6 is 0 Å². The lowest BCUT2D eigenvalue weighted by Gasteiger charge is -2.18. The number of aliphatic hydroxyl groups excluding tert-OH is 2. The van der Waals surface area contributed by atoms with Crippen molar-refractivity contribution in [2.75, 3.05) is 6.54 Å². The predicted octanol–water partition coefficient (Wildman–Crippen LogP) is 0.323. The standard InChI is InChI=1S/C14H15NO5/c1-8(16)15-7-12(18)14(19)9-2-3-13-10(6-9)11(17)4-5-20-13/h2-6,12,14,18-19H,7H2,1H3,(H,15,16). The molecule has 2 atom stereocenters. The van der Waals surface area contributed by atoms with E-state index in [-0.39, 0.29) is 17.9 Å². The van der Waals surface area contributed by atoms with Gasteiger partial charge in [-0.25, -0.2) is 0 Å². The number of rotatable bonds is 4. The van der Waals surface area contributed by atoms with Crippen molar-refractivity contribution < 1.29 is 19.4 Å². The molecule has 3 N–H and O–H groups in total. The van der Waals surface area contributed by atoms with Gasteiger partial charge in [0.1, 0.15) is 17.8 Å². The second-order valence-electron chi connectivity index (χ2n) is 4.49. The van der Waals surface area contributed by atoms with Crippen LogP contribution in [0.1, 0.15) is 18.6 Å². The van der Waals surface area contributed by atoms with Crippen LogP contribution in [0, 0.1) is 0 Å². The zero-order valence-corrected chi connectivity index (χ0v) is 10.9. The van der Waals surface area contributed by atoms with Gasteiger partial charge in [0.25, 0.3) is 0 Å². The first-order valence-electron chi connectivity index (χ1n) is 6.11. The molecule has 1 heterocycles. The van der Waals surface area contributed by atoms with Crippen LogP contribution in [0.4, 0.5) is 0 Å². The molecule has 0 fully saturated rings. The summed E-state index contributed by atoms with van der Waals surface area (Å²) in [6.07, 6.45) is -1.06. The lowest BCUT2D eigenvalue weighted by molar-refractivity contribution is -0.119. The molecule has 0 aliphatic rings. The van der Waals surface area contributed by atoms with Crippen LogP contribution in [-0.2, 0) is 4.79 Å². The van der Waals surface area contributed by atoms with E-state index in [1.807, 2.05) is 0 Å². The Labute approximate surface area is 114 Å². The Hall–Kier alpha value is -2.18. The molecule has 0 saturated heterocycles. The van der Waals surface area contributed by atoms with Crippen LogP contribution in [0.3, 0.4) is 0 Å². The maximum Gasteiger partial charge on any atom is 0.216 e. The van der Waals surface area contributed by atoms with Crippen molar-refractivity contribution in [1.29, 1.82) is 0 Å². The van der Waals surface area contributed by atoms with Crippen molar-refractivity contribution in [2.45, 2.75) is 19.1 Å². The maximum atomic E-state index is 11.7. The van der Waals surface area contributed by atoms with Crippen LogP contribution in [0.5, 0.6) is 0 Å². The Kier molecular flexibility index (Phi) is 4.16.